The maximum Gasteiger partial charge on any atom is 0.226 e. The number of aliphatic hydroxyl groups is 1. The van der Waals surface area contributed by atoms with Crippen molar-refractivity contribution in [1.82, 2.24) is 10.4 Å². The van der Waals surface area contributed by atoms with Gasteiger partial charge in [0.25, 0.3) is 0 Å². The summed E-state index contributed by atoms with van der Waals surface area (Å²) < 4.78 is 0. The van der Waals surface area contributed by atoms with E-state index in [0.29, 0.717) is 6.42 Å². The van der Waals surface area contributed by atoms with Gasteiger partial charge >= 0.3 is 0 Å². The summed E-state index contributed by atoms with van der Waals surface area (Å²) in [6.07, 6.45) is 1.78. The highest BCUT2D eigenvalue weighted by Gasteiger charge is 2.46. The molecule has 3 atom stereocenters. The van der Waals surface area contributed by atoms with Crippen molar-refractivity contribution < 1.29 is 9.90 Å². The Morgan fingerprint density at radius 1 is 1.37 bits per heavy atom. The van der Waals surface area contributed by atoms with E-state index in [1.807, 2.05) is 25.1 Å². The quantitative estimate of drug-likeness (QED) is 0.779. The van der Waals surface area contributed by atoms with Crippen LogP contribution in [0, 0.1) is 11.3 Å². The predicted molar refractivity (Wildman–Crippen MR) is 108 cm³/mol. The molecule has 1 amide bonds. The Kier molecular flexibility index (Phi) is 4.26. The number of benzene rings is 1. The summed E-state index contributed by atoms with van der Waals surface area (Å²) in [5.41, 5.74) is 7.03. The van der Waals surface area contributed by atoms with Crippen molar-refractivity contribution in [3.63, 3.8) is 0 Å². The summed E-state index contributed by atoms with van der Waals surface area (Å²) >= 11 is 0. The summed E-state index contributed by atoms with van der Waals surface area (Å²) in [5, 5.41) is 16.2. The number of hydrazone groups is 1. The third-order valence-corrected chi connectivity index (χ3v) is 6.26. The minimum Gasteiger partial charge on any atom is -0.393 e. The van der Waals surface area contributed by atoms with Gasteiger partial charge in [-0.3, -0.25) is 4.79 Å². The standard InChI is InChI=1S/C21H28N4O2/c1-5-19(27)25(4)13-7-6-12-8-16(22-15(12)9-13)20-14-10-18(26)21(2,3)11-17(14)23-24-20/h6-9,14,17-18,22-23,26H,5,10-11H2,1-4H3. The molecular formula is C21H28N4O2. The number of anilines is 1. The second kappa shape index (κ2) is 6.37. The van der Waals surface area contributed by atoms with Crippen molar-refractivity contribution in [2.75, 3.05) is 11.9 Å². The van der Waals surface area contributed by atoms with Crippen LogP contribution >= 0.6 is 0 Å². The number of hydrogen-bond acceptors (Lipinski definition) is 4. The average molecular weight is 368 g/mol. The van der Waals surface area contributed by atoms with Crippen LogP contribution in [0.1, 0.15) is 45.7 Å². The first kappa shape index (κ1) is 18.0. The first-order valence-electron chi connectivity index (χ1n) is 9.71. The molecule has 1 aromatic carbocycles. The van der Waals surface area contributed by atoms with Crippen LogP contribution in [0.4, 0.5) is 5.69 Å². The highest BCUT2D eigenvalue weighted by atomic mass is 16.3. The fourth-order valence-electron chi connectivity index (χ4n) is 4.34. The number of aromatic nitrogens is 1. The number of nitrogens with zero attached hydrogens (tertiary/aromatic N) is 2. The number of carbonyl (C=O) groups excluding carboxylic acids is 1. The molecule has 2 aliphatic rings. The molecule has 0 radical (unpaired) electrons. The average Bonchev–Trinajstić information content (AvgIpc) is 3.23. The Labute approximate surface area is 159 Å². The number of H-pyrrole nitrogens is 1. The molecule has 0 bridgehead atoms. The topological polar surface area (TPSA) is 80.7 Å². The van der Waals surface area contributed by atoms with Gasteiger partial charge in [-0.1, -0.05) is 26.8 Å². The van der Waals surface area contributed by atoms with Gasteiger partial charge in [-0.25, -0.2) is 0 Å². The third-order valence-electron chi connectivity index (χ3n) is 6.26. The second-order valence-electron chi connectivity index (χ2n) is 8.54. The van der Waals surface area contributed by atoms with Gasteiger partial charge in [0.05, 0.1) is 23.6 Å². The molecule has 6 heteroatoms. The Hall–Kier alpha value is -2.34. The van der Waals surface area contributed by atoms with Crippen molar-refractivity contribution >= 4 is 28.2 Å². The number of carbonyl (C=O) groups is 1. The van der Waals surface area contributed by atoms with Crippen LogP contribution in [-0.2, 0) is 4.79 Å². The monoisotopic (exact) mass is 368 g/mol. The maximum atomic E-state index is 12.0. The molecular weight excluding hydrogens is 340 g/mol. The molecule has 27 heavy (non-hydrogen) atoms. The Balaban J connectivity index is 1.62. The van der Waals surface area contributed by atoms with Crippen molar-refractivity contribution in [3.8, 4) is 0 Å². The molecule has 1 aromatic heterocycles. The molecule has 2 aromatic rings. The van der Waals surface area contributed by atoms with Gasteiger partial charge in [0.2, 0.25) is 5.91 Å². The number of nitrogens with one attached hydrogen (secondary N) is 2. The lowest BCUT2D eigenvalue weighted by Crippen LogP contribution is -2.47. The van der Waals surface area contributed by atoms with Crippen LogP contribution in [0.2, 0.25) is 0 Å². The molecule has 144 valence electrons. The van der Waals surface area contributed by atoms with E-state index in [-0.39, 0.29) is 29.4 Å². The summed E-state index contributed by atoms with van der Waals surface area (Å²) in [7, 11) is 1.80. The minimum absolute atomic E-state index is 0.0900. The van der Waals surface area contributed by atoms with E-state index in [1.54, 1.807) is 11.9 Å². The van der Waals surface area contributed by atoms with Crippen molar-refractivity contribution in [3.05, 3.63) is 30.0 Å². The predicted octanol–water partition coefficient (Wildman–Crippen LogP) is 3.01. The fourth-order valence-corrected chi connectivity index (χ4v) is 4.34. The molecule has 1 fully saturated rings. The number of hydrogen-bond donors (Lipinski definition) is 3. The normalized spacial score (nSPS) is 26.4. The first-order chi connectivity index (χ1) is 12.8. The van der Waals surface area contributed by atoms with Gasteiger partial charge in [0, 0.05) is 36.0 Å². The van der Waals surface area contributed by atoms with E-state index in [1.165, 1.54) is 0 Å². The fraction of sp³-hybridized carbons (Fsp3) is 0.524. The molecule has 1 aliphatic heterocycles. The van der Waals surface area contributed by atoms with Gasteiger partial charge in [0.1, 0.15) is 0 Å². The van der Waals surface area contributed by atoms with Gasteiger partial charge in [-0.2, -0.15) is 5.10 Å². The van der Waals surface area contributed by atoms with Crippen LogP contribution in [0.25, 0.3) is 10.9 Å². The molecule has 3 N–H and O–H groups in total. The summed E-state index contributed by atoms with van der Waals surface area (Å²) in [4.78, 5) is 17.1. The molecule has 1 saturated carbocycles. The first-order valence-corrected chi connectivity index (χ1v) is 9.71. The zero-order valence-electron chi connectivity index (χ0n) is 16.4. The van der Waals surface area contributed by atoms with Crippen molar-refractivity contribution in [2.24, 2.45) is 16.4 Å². The van der Waals surface area contributed by atoms with Crippen LogP contribution in [-0.4, -0.2) is 40.9 Å². The lowest BCUT2D eigenvalue weighted by Gasteiger charge is -2.41. The molecule has 3 unspecified atom stereocenters. The summed E-state index contributed by atoms with van der Waals surface area (Å²) in [6, 6.07) is 8.39. The van der Waals surface area contributed by atoms with Crippen molar-refractivity contribution in [2.45, 2.75) is 52.2 Å². The van der Waals surface area contributed by atoms with Crippen LogP contribution in [0.3, 0.4) is 0 Å². The van der Waals surface area contributed by atoms with E-state index >= 15 is 0 Å². The van der Waals surface area contributed by atoms with Gasteiger partial charge in [0.15, 0.2) is 0 Å². The lowest BCUT2D eigenvalue weighted by molar-refractivity contribution is -0.118. The van der Waals surface area contributed by atoms with E-state index in [9.17, 15) is 9.90 Å². The Morgan fingerprint density at radius 3 is 2.89 bits per heavy atom. The number of fused-ring (bicyclic) bond motifs is 2. The molecule has 1 aliphatic carbocycles. The number of aromatic amines is 1. The van der Waals surface area contributed by atoms with Gasteiger partial charge < -0.3 is 20.4 Å². The molecule has 0 spiro atoms. The minimum atomic E-state index is -0.325. The zero-order valence-corrected chi connectivity index (χ0v) is 16.4. The lowest BCUT2D eigenvalue weighted by atomic mass is 9.67. The maximum absolute atomic E-state index is 12.0. The Morgan fingerprint density at radius 2 is 2.15 bits per heavy atom. The third kappa shape index (κ3) is 3.02. The second-order valence-corrected chi connectivity index (χ2v) is 8.54. The van der Waals surface area contributed by atoms with E-state index in [2.05, 4.69) is 35.4 Å². The van der Waals surface area contributed by atoms with Crippen LogP contribution < -0.4 is 10.3 Å². The Bertz CT molecular complexity index is 914. The van der Waals surface area contributed by atoms with Gasteiger partial charge in [-0.05, 0) is 36.5 Å². The van der Waals surface area contributed by atoms with E-state index < -0.39 is 0 Å². The molecule has 4 rings (SSSR count). The van der Waals surface area contributed by atoms with Crippen LogP contribution in [0.15, 0.2) is 29.4 Å². The largest absolute Gasteiger partial charge is 0.393 e. The number of rotatable bonds is 3. The molecule has 2 heterocycles. The van der Waals surface area contributed by atoms with Gasteiger partial charge in [-0.15, -0.1) is 0 Å². The smallest absolute Gasteiger partial charge is 0.226 e. The van der Waals surface area contributed by atoms with Crippen LogP contribution in [0.5, 0.6) is 0 Å². The highest BCUT2D eigenvalue weighted by Crippen LogP contribution is 2.42. The van der Waals surface area contributed by atoms with E-state index in [0.717, 1.165) is 40.8 Å². The van der Waals surface area contributed by atoms with Crippen molar-refractivity contribution in [1.29, 1.82) is 0 Å². The summed E-state index contributed by atoms with van der Waals surface area (Å²) in [5.74, 6) is 0.303. The molecule has 0 saturated heterocycles. The van der Waals surface area contributed by atoms with E-state index in [4.69, 9.17) is 0 Å². The SMILES string of the molecule is CCC(=O)N(C)c1ccc2cc(C3=NNC4CC(C)(C)C(O)CC34)[nH]c2c1. The molecule has 6 nitrogen and oxygen atoms in total. The number of aliphatic hydroxyl groups excluding tert-OH is 1. The highest BCUT2D eigenvalue weighted by molar-refractivity contribution is 6.06. The number of amides is 1. The zero-order chi connectivity index (χ0) is 19.3. The summed E-state index contributed by atoms with van der Waals surface area (Å²) in [6.45, 7) is 6.10.